The van der Waals surface area contributed by atoms with Crippen LogP contribution in [-0.2, 0) is 4.79 Å². The molecule has 4 rings (SSSR count). The van der Waals surface area contributed by atoms with E-state index in [0.717, 1.165) is 32.1 Å². The van der Waals surface area contributed by atoms with E-state index in [4.69, 9.17) is 0 Å². The first-order chi connectivity index (χ1) is 11.3. The van der Waals surface area contributed by atoms with Gasteiger partial charge in [0.2, 0.25) is 0 Å². The minimum atomic E-state index is -0.437. The maximum Gasteiger partial charge on any atom is 0.155 e. The molecule has 0 aromatic rings. The minimum absolute atomic E-state index is 0.0149. The summed E-state index contributed by atoms with van der Waals surface area (Å²) in [7, 11) is 0. The fraction of sp³-hybridized carbons (Fsp3) is 0.857. The number of hydrogen-bond donors (Lipinski definition) is 2. The Morgan fingerprint density at radius 2 is 1.92 bits per heavy atom. The number of fused-ring (bicyclic) bond motifs is 5. The van der Waals surface area contributed by atoms with Gasteiger partial charge in [-0.25, -0.2) is 0 Å². The van der Waals surface area contributed by atoms with Crippen LogP contribution in [0, 0.1) is 34.5 Å². The summed E-state index contributed by atoms with van der Waals surface area (Å²) < 4.78 is 0. The molecule has 0 radical (unpaired) electrons. The van der Waals surface area contributed by atoms with Crippen molar-refractivity contribution in [3.63, 3.8) is 0 Å². The standard InChI is InChI=1S/C21H32O3/c1-12(22)19-18(24)11-17-15-5-4-13-10-14(23)6-8-20(13,2)16(15)7-9-21(17,19)3/h10,12,15-19,22,24H,4-9,11H2,1-3H3. The number of aliphatic hydroxyl groups is 2. The zero-order chi connectivity index (χ0) is 17.3. The van der Waals surface area contributed by atoms with Crippen molar-refractivity contribution < 1.29 is 15.0 Å². The lowest BCUT2D eigenvalue weighted by Gasteiger charge is -2.58. The second kappa shape index (κ2) is 5.41. The SMILES string of the molecule is CC(O)C1C(O)CC2C3CCC4=CC(=O)CCC4(C)C3CCC21C. The normalized spacial score (nSPS) is 52.1. The van der Waals surface area contributed by atoms with E-state index in [1.165, 1.54) is 12.0 Å². The molecule has 0 bridgehead atoms. The first-order valence-corrected chi connectivity index (χ1v) is 9.87. The summed E-state index contributed by atoms with van der Waals surface area (Å²) in [6.45, 7) is 6.56. The second-order valence-electron chi connectivity index (χ2n) is 9.58. The molecule has 0 aromatic heterocycles. The van der Waals surface area contributed by atoms with Crippen molar-refractivity contribution in [1.82, 2.24) is 0 Å². The summed E-state index contributed by atoms with van der Waals surface area (Å²) in [6.07, 6.45) is 8.18. The van der Waals surface area contributed by atoms with Gasteiger partial charge >= 0.3 is 0 Å². The van der Waals surface area contributed by atoms with E-state index < -0.39 is 6.10 Å². The maximum absolute atomic E-state index is 11.9. The van der Waals surface area contributed by atoms with E-state index in [1.807, 2.05) is 13.0 Å². The van der Waals surface area contributed by atoms with Crippen LogP contribution in [0.15, 0.2) is 11.6 Å². The van der Waals surface area contributed by atoms with Crippen molar-refractivity contribution in [1.29, 1.82) is 0 Å². The van der Waals surface area contributed by atoms with Crippen LogP contribution < -0.4 is 0 Å². The van der Waals surface area contributed by atoms with Gasteiger partial charge in [-0.1, -0.05) is 19.4 Å². The van der Waals surface area contributed by atoms with Gasteiger partial charge in [-0.2, -0.15) is 0 Å². The largest absolute Gasteiger partial charge is 0.393 e. The number of ketones is 1. The number of aliphatic hydroxyl groups excluding tert-OH is 2. The van der Waals surface area contributed by atoms with E-state index in [1.54, 1.807) is 0 Å². The topological polar surface area (TPSA) is 57.5 Å². The molecule has 8 atom stereocenters. The molecule has 2 N–H and O–H groups in total. The van der Waals surface area contributed by atoms with Crippen molar-refractivity contribution in [2.75, 3.05) is 0 Å². The third-order valence-electron chi connectivity index (χ3n) is 8.59. The van der Waals surface area contributed by atoms with E-state index >= 15 is 0 Å². The highest BCUT2D eigenvalue weighted by atomic mass is 16.3. The van der Waals surface area contributed by atoms with Gasteiger partial charge in [0.15, 0.2) is 5.78 Å². The van der Waals surface area contributed by atoms with Gasteiger partial charge in [0, 0.05) is 12.3 Å². The van der Waals surface area contributed by atoms with E-state index in [9.17, 15) is 15.0 Å². The van der Waals surface area contributed by atoms with Crippen LogP contribution in [0.2, 0.25) is 0 Å². The molecule has 0 amide bonds. The molecule has 3 nitrogen and oxygen atoms in total. The van der Waals surface area contributed by atoms with Crippen LogP contribution in [0.3, 0.4) is 0 Å². The Bertz CT molecular complexity index is 580. The average Bonchev–Trinajstić information content (AvgIpc) is 2.78. The lowest BCUT2D eigenvalue weighted by Crippen LogP contribution is -2.51. The van der Waals surface area contributed by atoms with Gasteiger partial charge in [0.1, 0.15) is 0 Å². The summed E-state index contributed by atoms with van der Waals surface area (Å²) in [5.74, 6) is 2.12. The Balaban J connectivity index is 1.68. The quantitative estimate of drug-likeness (QED) is 0.773. The molecule has 0 heterocycles. The number of carbonyl (C=O) groups is 1. The zero-order valence-corrected chi connectivity index (χ0v) is 15.3. The van der Waals surface area contributed by atoms with Crippen molar-refractivity contribution in [3.8, 4) is 0 Å². The van der Waals surface area contributed by atoms with Gasteiger partial charge in [0.25, 0.3) is 0 Å². The fourth-order valence-corrected chi connectivity index (χ4v) is 7.48. The monoisotopic (exact) mass is 332 g/mol. The molecule has 24 heavy (non-hydrogen) atoms. The maximum atomic E-state index is 11.9. The van der Waals surface area contributed by atoms with Crippen LogP contribution in [0.25, 0.3) is 0 Å². The van der Waals surface area contributed by atoms with Crippen molar-refractivity contribution in [2.24, 2.45) is 34.5 Å². The Labute approximate surface area is 145 Å². The van der Waals surface area contributed by atoms with Gasteiger partial charge in [-0.15, -0.1) is 0 Å². The summed E-state index contributed by atoms with van der Waals surface area (Å²) >= 11 is 0. The smallest absolute Gasteiger partial charge is 0.155 e. The summed E-state index contributed by atoms with van der Waals surface area (Å²) in [6, 6.07) is 0. The fourth-order valence-electron chi connectivity index (χ4n) is 7.48. The predicted molar refractivity (Wildman–Crippen MR) is 93.3 cm³/mol. The highest BCUT2D eigenvalue weighted by Gasteiger charge is 2.61. The Kier molecular flexibility index (Phi) is 3.78. The van der Waals surface area contributed by atoms with Crippen molar-refractivity contribution in [2.45, 2.75) is 77.9 Å². The Hall–Kier alpha value is -0.670. The molecule has 0 saturated heterocycles. The molecule has 134 valence electrons. The van der Waals surface area contributed by atoms with Crippen LogP contribution in [-0.4, -0.2) is 28.2 Å². The first-order valence-electron chi connectivity index (χ1n) is 9.87. The van der Waals surface area contributed by atoms with Gasteiger partial charge in [-0.3, -0.25) is 4.79 Å². The van der Waals surface area contributed by atoms with Crippen LogP contribution in [0.4, 0.5) is 0 Å². The summed E-state index contributed by atoms with van der Waals surface area (Å²) in [5, 5.41) is 20.9. The molecule has 0 spiro atoms. The van der Waals surface area contributed by atoms with Crippen LogP contribution in [0.1, 0.15) is 65.7 Å². The van der Waals surface area contributed by atoms with Crippen LogP contribution in [0.5, 0.6) is 0 Å². The highest BCUT2D eigenvalue weighted by Crippen LogP contribution is 2.66. The molecule has 0 aliphatic heterocycles. The van der Waals surface area contributed by atoms with Gasteiger partial charge in [-0.05, 0) is 80.1 Å². The third-order valence-corrected chi connectivity index (χ3v) is 8.59. The number of carbonyl (C=O) groups excluding carboxylic acids is 1. The average molecular weight is 332 g/mol. The van der Waals surface area contributed by atoms with Crippen molar-refractivity contribution in [3.05, 3.63) is 11.6 Å². The highest BCUT2D eigenvalue weighted by molar-refractivity contribution is 5.91. The third kappa shape index (κ3) is 2.13. The molecule has 4 aliphatic carbocycles. The molecular formula is C21H32O3. The summed E-state index contributed by atoms with van der Waals surface area (Å²) in [5.41, 5.74) is 1.65. The van der Waals surface area contributed by atoms with E-state index in [2.05, 4.69) is 13.8 Å². The molecule has 0 aromatic carbocycles. The lowest BCUT2D eigenvalue weighted by molar-refractivity contribution is -0.118. The molecule has 8 unspecified atom stereocenters. The molecule has 3 saturated carbocycles. The van der Waals surface area contributed by atoms with Gasteiger partial charge in [0.05, 0.1) is 12.2 Å². The number of allylic oxidation sites excluding steroid dienone is 1. The predicted octanol–water partition coefficient (Wildman–Crippen LogP) is 3.49. The minimum Gasteiger partial charge on any atom is -0.393 e. The summed E-state index contributed by atoms with van der Waals surface area (Å²) in [4.78, 5) is 11.9. The molecule has 4 aliphatic rings. The molecular weight excluding hydrogens is 300 g/mol. The van der Waals surface area contributed by atoms with E-state index in [0.29, 0.717) is 30.0 Å². The van der Waals surface area contributed by atoms with Crippen molar-refractivity contribution >= 4 is 5.78 Å². The molecule has 3 heteroatoms. The number of hydrogen-bond acceptors (Lipinski definition) is 3. The van der Waals surface area contributed by atoms with E-state index in [-0.39, 0.29) is 22.9 Å². The number of rotatable bonds is 1. The Morgan fingerprint density at radius 3 is 2.62 bits per heavy atom. The second-order valence-corrected chi connectivity index (χ2v) is 9.58. The lowest BCUT2D eigenvalue weighted by atomic mass is 9.46. The van der Waals surface area contributed by atoms with Crippen LogP contribution >= 0.6 is 0 Å². The Morgan fingerprint density at radius 1 is 1.17 bits per heavy atom. The van der Waals surface area contributed by atoms with Gasteiger partial charge < -0.3 is 10.2 Å². The first kappa shape index (κ1) is 16.8. The molecule has 3 fully saturated rings. The zero-order valence-electron chi connectivity index (χ0n) is 15.3.